The fourth-order valence-electron chi connectivity index (χ4n) is 1.79. The normalized spacial score (nSPS) is 11.7. The second kappa shape index (κ2) is 7.76. The predicted molar refractivity (Wildman–Crippen MR) is 93.3 cm³/mol. The minimum atomic E-state index is -0.386. The Labute approximate surface area is 143 Å². The van der Waals surface area contributed by atoms with E-state index in [-0.39, 0.29) is 11.5 Å². The molecule has 0 atom stereocenters. The van der Waals surface area contributed by atoms with Gasteiger partial charge >= 0.3 is 0 Å². The molecule has 7 heteroatoms. The smallest absolute Gasteiger partial charge is 0.214 e. The number of anilines is 1. The van der Waals surface area contributed by atoms with Crippen LogP contribution in [0.25, 0.3) is 0 Å². The molecule has 2 aromatic carbocycles. The van der Waals surface area contributed by atoms with Crippen molar-refractivity contribution >= 4 is 46.6 Å². The van der Waals surface area contributed by atoms with Gasteiger partial charge in [-0.15, -0.1) is 0 Å². The SMILES string of the molecule is Cc1ccc(C(=O)C(/C=N/O)=N/Nc2cc(Cl)cc(Cl)c2)cc1. The molecular weight excluding hydrogens is 337 g/mol. The van der Waals surface area contributed by atoms with Gasteiger partial charge < -0.3 is 5.21 Å². The lowest BCUT2D eigenvalue weighted by Gasteiger charge is -2.05. The summed E-state index contributed by atoms with van der Waals surface area (Å²) in [5.74, 6) is -0.386. The van der Waals surface area contributed by atoms with Crippen LogP contribution in [0, 0.1) is 6.92 Å². The lowest BCUT2D eigenvalue weighted by atomic mass is 10.1. The van der Waals surface area contributed by atoms with Crippen LogP contribution >= 0.6 is 23.2 Å². The Balaban J connectivity index is 2.26. The molecule has 0 aromatic heterocycles. The van der Waals surface area contributed by atoms with E-state index in [1.165, 1.54) is 0 Å². The first-order chi connectivity index (χ1) is 11.0. The summed E-state index contributed by atoms with van der Waals surface area (Å²) in [6.45, 7) is 1.92. The van der Waals surface area contributed by atoms with Crippen LogP contribution < -0.4 is 5.43 Å². The number of Topliss-reactive ketones (excluding diaryl/α,β-unsaturated/α-hetero) is 1. The van der Waals surface area contributed by atoms with E-state index in [1.54, 1.807) is 30.3 Å². The van der Waals surface area contributed by atoms with Crippen molar-refractivity contribution in [2.45, 2.75) is 6.92 Å². The van der Waals surface area contributed by atoms with Gasteiger partial charge in [0, 0.05) is 15.6 Å². The van der Waals surface area contributed by atoms with Gasteiger partial charge in [0.15, 0.2) is 5.71 Å². The number of rotatable bonds is 5. The summed E-state index contributed by atoms with van der Waals surface area (Å²) in [6, 6.07) is 11.7. The number of nitrogens with zero attached hydrogens (tertiary/aromatic N) is 2. The van der Waals surface area contributed by atoms with E-state index >= 15 is 0 Å². The summed E-state index contributed by atoms with van der Waals surface area (Å²) in [5, 5.41) is 16.4. The summed E-state index contributed by atoms with van der Waals surface area (Å²) in [5.41, 5.74) is 4.57. The van der Waals surface area contributed by atoms with E-state index in [2.05, 4.69) is 15.7 Å². The minimum absolute atomic E-state index is 0.0625. The Bertz CT molecular complexity index is 751. The first kappa shape index (κ1) is 17.0. The van der Waals surface area contributed by atoms with Crippen LogP contribution in [-0.4, -0.2) is 22.9 Å². The van der Waals surface area contributed by atoms with Gasteiger partial charge in [-0.1, -0.05) is 58.2 Å². The molecule has 0 amide bonds. The van der Waals surface area contributed by atoms with E-state index in [1.807, 2.05) is 19.1 Å². The molecule has 2 N–H and O–H groups in total. The van der Waals surface area contributed by atoms with Crippen molar-refractivity contribution in [2.75, 3.05) is 5.43 Å². The highest BCUT2D eigenvalue weighted by Crippen LogP contribution is 2.22. The molecule has 23 heavy (non-hydrogen) atoms. The Kier molecular flexibility index (Phi) is 5.73. The minimum Gasteiger partial charge on any atom is -0.411 e. The first-order valence-corrected chi connectivity index (χ1v) is 7.34. The quantitative estimate of drug-likeness (QED) is 0.363. The Morgan fingerprint density at radius 3 is 2.30 bits per heavy atom. The Morgan fingerprint density at radius 1 is 1.13 bits per heavy atom. The lowest BCUT2D eigenvalue weighted by molar-refractivity contribution is 0.106. The zero-order valence-electron chi connectivity index (χ0n) is 12.1. The van der Waals surface area contributed by atoms with Crippen LogP contribution in [-0.2, 0) is 0 Å². The molecular formula is C16H13Cl2N3O2. The van der Waals surface area contributed by atoms with Crippen LogP contribution in [0.15, 0.2) is 52.7 Å². The number of hydrogen-bond donors (Lipinski definition) is 2. The first-order valence-electron chi connectivity index (χ1n) is 6.58. The van der Waals surface area contributed by atoms with Gasteiger partial charge in [0.05, 0.1) is 11.9 Å². The molecule has 0 aliphatic heterocycles. The van der Waals surface area contributed by atoms with Crippen LogP contribution in [0.1, 0.15) is 15.9 Å². The molecule has 2 rings (SSSR count). The second-order valence-electron chi connectivity index (χ2n) is 4.71. The van der Waals surface area contributed by atoms with Crippen molar-refractivity contribution in [3.63, 3.8) is 0 Å². The van der Waals surface area contributed by atoms with Gasteiger partial charge in [-0.05, 0) is 25.1 Å². The maximum absolute atomic E-state index is 12.4. The fraction of sp³-hybridized carbons (Fsp3) is 0.0625. The number of hydrogen-bond acceptors (Lipinski definition) is 5. The maximum atomic E-state index is 12.4. The zero-order valence-corrected chi connectivity index (χ0v) is 13.6. The van der Waals surface area contributed by atoms with Gasteiger partial charge in [0.25, 0.3) is 0 Å². The Morgan fingerprint density at radius 2 is 1.74 bits per heavy atom. The summed E-state index contributed by atoms with van der Waals surface area (Å²) in [4.78, 5) is 12.4. The molecule has 0 radical (unpaired) electrons. The lowest BCUT2D eigenvalue weighted by Crippen LogP contribution is -2.17. The van der Waals surface area contributed by atoms with E-state index < -0.39 is 0 Å². The average molecular weight is 350 g/mol. The van der Waals surface area contributed by atoms with Crippen molar-refractivity contribution < 1.29 is 10.0 Å². The predicted octanol–water partition coefficient (Wildman–Crippen LogP) is 4.41. The molecule has 5 nitrogen and oxygen atoms in total. The number of hydrazone groups is 1. The van der Waals surface area contributed by atoms with Crippen molar-refractivity contribution in [3.05, 3.63) is 63.6 Å². The largest absolute Gasteiger partial charge is 0.411 e. The van der Waals surface area contributed by atoms with Crippen molar-refractivity contribution in [1.29, 1.82) is 0 Å². The third-order valence-corrected chi connectivity index (χ3v) is 3.33. The van der Waals surface area contributed by atoms with Crippen molar-refractivity contribution in [3.8, 4) is 0 Å². The van der Waals surface area contributed by atoms with E-state index in [4.69, 9.17) is 28.4 Å². The topological polar surface area (TPSA) is 74.0 Å². The number of oxime groups is 1. The molecule has 0 saturated carbocycles. The number of halogens is 2. The van der Waals surface area contributed by atoms with Crippen LogP contribution in [0.2, 0.25) is 10.0 Å². The van der Waals surface area contributed by atoms with Crippen LogP contribution in [0.3, 0.4) is 0 Å². The molecule has 118 valence electrons. The molecule has 0 heterocycles. The average Bonchev–Trinajstić information content (AvgIpc) is 2.50. The Hall–Kier alpha value is -2.37. The van der Waals surface area contributed by atoms with Crippen LogP contribution in [0.5, 0.6) is 0 Å². The number of benzene rings is 2. The van der Waals surface area contributed by atoms with Crippen molar-refractivity contribution in [1.82, 2.24) is 0 Å². The van der Waals surface area contributed by atoms with Gasteiger partial charge in [0.1, 0.15) is 0 Å². The molecule has 0 fully saturated rings. The summed E-state index contributed by atoms with van der Waals surface area (Å²) in [7, 11) is 0. The monoisotopic (exact) mass is 349 g/mol. The van der Waals surface area contributed by atoms with Crippen molar-refractivity contribution in [2.24, 2.45) is 10.3 Å². The maximum Gasteiger partial charge on any atom is 0.214 e. The highest BCUT2D eigenvalue weighted by atomic mass is 35.5. The number of carbonyl (C=O) groups is 1. The molecule has 0 spiro atoms. The summed E-state index contributed by atoms with van der Waals surface area (Å²) >= 11 is 11.8. The van der Waals surface area contributed by atoms with Crippen LogP contribution in [0.4, 0.5) is 5.69 Å². The van der Waals surface area contributed by atoms with E-state index in [0.717, 1.165) is 11.8 Å². The molecule has 0 aliphatic carbocycles. The number of nitrogens with one attached hydrogen (secondary N) is 1. The third kappa shape index (κ3) is 4.81. The molecule has 0 unspecified atom stereocenters. The van der Waals surface area contributed by atoms with E-state index in [0.29, 0.717) is 21.3 Å². The highest BCUT2D eigenvalue weighted by molar-refractivity contribution is 6.64. The standard InChI is InChI=1S/C16H13Cl2N3O2/c1-10-2-4-11(5-3-10)16(22)15(9-19-23)21-20-14-7-12(17)6-13(18)8-14/h2-9,20,23H,1H3/b19-9+,21-15+. The van der Waals surface area contributed by atoms with Gasteiger partial charge in [-0.3, -0.25) is 10.2 Å². The number of aryl methyl sites for hydroxylation is 1. The van der Waals surface area contributed by atoms with Gasteiger partial charge in [-0.25, -0.2) is 0 Å². The molecule has 0 aliphatic rings. The van der Waals surface area contributed by atoms with Gasteiger partial charge in [-0.2, -0.15) is 5.10 Å². The molecule has 0 bridgehead atoms. The van der Waals surface area contributed by atoms with Gasteiger partial charge in [0.2, 0.25) is 5.78 Å². The third-order valence-electron chi connectivity index (χ3n) is 2.89. The fourth-order valence-corrected chi connectivity index (χ4v) is 2.31. The number of carbonyl (C=O) groups excluding carboxylic acids is 1. The zero-order chi connectivity index (χ0) is 16.8. The molecule has 0 saturated heterocycles. The highest BCUT2D eigenvalue weighted by Gasteiger charge is 2.13. The summed E-state index contributed by atoms with van der Waals surface area (Å²) in [6.07, 6.45) is 0.960. The number of ketones is 1. The van der Waals surface area contributed by atoms with E-state index in [9.17, 15) is 4.79 Å². The summed E-state index contributed by atoms with van der Waals surface area (Å²) < 4.78 is 0. The molecule has 2 aromatic rings. The second-order valence-corrected chi connectivity index (χ2v) is 5.58.